The molecule has 0 atom stereocenters. The van der Waals surface area contributed by atoms with E-state index in [-0.39, 0.29) is 6.61 Å². The summed E-state index contributed by atoms with van der Waals surface area (Å²) in [7, 11) is 0. The number of rotatable bonds is 3. The summed E-state index contributed by atoms with van der Waals surface area (Å²) in [5, 5.41) is 0. The zero-order valence-corrected chi connectivity index (χ0v) is 8.34. The van der Waals surface area contributed by atoms with Crippen LogP contribution in [0.4, 0.5) is 0 Å². The number of carbonyl (C=O) groups excluding carboxylic acids is 3. The van der Waals surface area contributed by atoms with Crippen LogP contribution in [0.3, 0.4) is 0 Å². The molecule has 0 bridgehead atoms. The molecule has 0 rings (SSSR count). The monoisotopic (exact) mass is 186 g/mol. The molecular formula is C9H14O4. The molecule has 0 saturated heterocycles. The second-order valence-corrected chi connectivity index (χ2v) is 3.63. The average molecular weight is 186 g/mol. The Hall–Kier alpha value is -1.19. The summed E-state index contributed by atoms with van der Waals surface area (Å²) < 4.78 is 4.41. The minimum Gasteiger partial charge on any atom is -0.460 e. The minimum atomic E-state index is -1.07. The summed E-state index contributed by atoms with van der Waals surface area (Å²) >= 11 is 0. The SMILES string of the molecule is CCOC(=O)C(=O)C(=O)C(C)(C)C. The molecule has 4 nitrogen and oxygen atoms in total. The van der Waals surface area contributed by atoms with Crippen molar-refractivity contribution >= 4 is 17.5 Å². The molecule has 0 fully saturated rings. The van der Waals surface area contributed by atoms with E-state index in [1.54, 1.807) is 27.7 Å². The van der Waals surface area contributed by atoms with Crippen molar-refractivity contribution in [3.05, 3.63) is 0 Å². The van der Waals surface area contributed by atoms with Crippen LogP contribution in [0, 0.1) is 5.41 Å². The molecule has 0 spiro atoms. The van der Waals surface area contributed by atoms with E-state index in [1.165, 1.54) is 0 Å². The molecule has 0 unspecified atom stereocenters. The molecule has 4 heteroatoms. The van der Waals surface area contributed by atoms with Crippen LogP contribution in [0.2, 0.25) is 0 Å². The topological polar surface area (TPSA) is 60.4 Å². The van der Waals surface area contributed by atoms with Crippen LogP contribution in [0.15, 0.2) is 0 Å². The van der Waals surface area contributed by atoms with E-state index in [0.29, 0.717) is 0 Å². The van der Waals surface area contributed by atoms with E-state index in [1.807, 2.05) is 0 Å². The van der Waals surface area contributed by atoms with Gasteiger partial charge in [0.1, 0.15) is 0 Å². The second kappa shape index (κ2) is 4.16. The van der Waals surface area contributed by atoms with Crippen molar-refractivity contribution in [3.8, 4) is 0 Å². The van der Waals surface area contributed by atoms with Gasteiger partial charge in [0.15, 0.2) is 0 Å². The zero-order valence-electron chi connectivity index (χ0n) is 8.34. The first-order valence-electron chi connectivity index (χ1n) is 4.06. The van der Waals surface area contributed by atoms with Crippen LogP contribution < -0.4 is 0 Å². The lowest BCUT2D eigenvalue weighted by atomic mass is 9.88. The lowest BCUT2D eigenvalue weighted by Gasteiger charge is -2.13. The molecule has 0 heterocycles. The first kappa shape index (κ1) is 11.8. The Balaban J connectivity index is 4.45. The Morgan fingerprint density at radius 2 is 1.62 bits per heavy atom. The van der Waals surface area contributed by atoms with Gasteiger partial charge >= 0.3 is 11.8 Å². The molecule has 13 heavy (non-hydrogen) atoms. The van der Waals surface area contributed by atoms with Gasteiger partial charge in [-0.2, -0.15) is 0 Å². The van der Waals surface area contributed by atoms with E-state index in [9.17, 15) is 14.4 Å². The number of carbonyl (C=O) groups is 3. The Labute approximate surface area is 77.3 Å². The van der Waals surface area contributed by atoms with Crippen molar-refractivity contribution in [2.75, 3.05) is 6.61 Å². The van der Waals surface area contributed by atoms with Gasteiger partial charge in [-0.25, -0.2) is 4.79 Å². The standard InChI is InChI=1S/C9H14O4/c1-5-13-8(12)6(10)7(11)9(2,3)4/h5H2,1-4H3. The lowest BCUT2D eigenvalue weighted by molar-refractivity contribution is -0.158. The minimum absolute atomic E-state index is 0.0992. The van der Waals surface area contributed by atoms with Crippen molar-refractivity contribution in [3.63, 3.8) is 0 Å². The summed E-state index contributed by atoms with van der Waals surface area (Å²) in [6.45, 7) is 6.40. The summed E-state index contributed by atoms with van der Waals surface area (Å²) in [6, 6.07) is 0. The fraction of sp³-hybridized carbons (Fsp3) is 0.667. The van der Waals surface area contributed by atoms with Gasteiger partial charge < -0.3 is 4.74 Å². The maximum Gasteiger partial charge on any atom is 0.382 e. The van der Waals surface area contributed by atoms with Gasteiger partial charge in [0.05, 0.1) is 6.61 Å². The Morgan fingerprint density at radius 1 is 1.15 bits per heavy atom. The highest BCUT2D eigenvalue weighted by molar-refractivity contribution is 6.62. The Morgan fingerprint density at radius 3 is 1.92 bits per heavy atom. The summed E-state index contributed by atoms with van der Waals surface area (Å²) in [6.07, 6.45) is 0. The van der Waals surface area contributed by atoms with Crippen LogP contribution in [-0.2, 0) is 19.1 Å². The Bertz CT molecular complexity index is 234. The van der Waals surface area contributed by atoms with Crippen LogP contribution in [-0.4, -0.2) is 24.1 Å². The largest absolute Gasteiger partial charge is 0.460 e. The molecule has 0 aromatic carbocycles. The molecule has 0 N–H and O–H groups in total. The number of Topliss-reactive ketones (excluding diaryl/α,β-unsaturated/α-hetero) is 2. The number of esters is 1. The summed E-state index contributed by atoms with van der Waals surface area (Å²) in [5.74, 6) is -2.86. The fourth-order valence-corrected chi connectivity index (χ4v) is 0.630. The van der Waals surface area contributed by atoms with Crippen molar-refractivity contribution in [2.24, 2.45) is 5.41 Å². The normalized spacial score (nSPS) is 10.8. The highest BCUT2D eigenvalue weighted by atomic mass is 16.5. The molecule has 0 radical (unpaired) electrons. The highest BCUT2D eigenvalue weighted by Gasteiger charge is 2.33. The molecule has 0 aliphatic heterocycles. The lowest BCUT2D eigenvalue weighted by Crippen LogP contribution is -2.34. The Kier molecular flexibility index (Phi) is 3.78. The van der Waals surface area contributed by atoms with E-state index in [4.69, 9.17) is 0 Å². The van der Waals surface area contributed by atoms with E-state index in [2.05, 4.69) is 4.74 Å². The third-order valence-corrected chi connectivity index (χ3v) is 1.35. The quantitative estimate of drug-likeness (QED) is 0.370. The van der Waals surface area contributed by atoms with Crippen molar-refractivity contribution in [1.82, 2.24) is 0 Å². The number of ether oxygens (including phenoxy) is 1. The molecule has 0 aliphatic carbocycles. The first-order valence-corrected chi connectivity index (χ1v) is 4.06. The van der Waals surface area contributed by atoms with Crippen molar-refractivity contribution < 1.29 is 19.1 Å². The van der Waals surface area contributed by atoms with Crippen molar-refractivity contribution in [2.45, 2.75) is 27.7 Å². The third-order valence-electron chi connectivity index (χ3n) is 1.35. The fourth-order valence-electron chi connectivity index (χ4n) is 0.630. The zero-order chi connectivity index (χ0) is 10.6. The predicted molar refractivity (Wildman–Crippen MR) is 46.1 cm³/mol. The average Bonchev–Trinajstić information content (AvgIpc) is 2.00. The van der Waals surface area contributed by atoms with Gasteiger partial charge in [-0.3, -0.25) is 9.59 Å². The van der Waals surface area contributed by atoms with Crippen LogP contribution in [0.25, 0.3) is 0 Å². The molecule has 74 valence electrons. The van der Waals surface area contributed by atoms with Gasteiger partial charge in [0.2, 0.25) is 5.78 Å². The van der Waals surface area contributed by atoms with Crippen LogP contribution in [0.5, 0.6) is 0 Å². The predicted octanol–water partition coefficient (Wildman–Crippen LogP) is 0.734. The molecular weight excluding hydrogens is 172 g/mol. The third kappa shape index (κ3) is 3.36. The maximum absolute atomic E-state index is 11.2. The molecule has 0 aromatic rings. The number of hydrogen-bond donors (Lipinski definition) is 0. The highest BCUT2D eigenvalue weighted by Crippen LogP contribution is 2.15. The number of hydrogen-bond acceptors (Lipinski definition) is 4. The van der Waals surface area contributed by atoms with Crippen LogP contribution >= 0.6 is 0 Å². The van der Waals surface area contributed by atoms with E-state index < -0.39 is 23.0 Å². The summed E-state index contributed by atoms with van der Waals surface area (Å²) in [5.41, 5.74) is -0.830. The van der Waals surface area contributed by atoms with Crippen molar-refractivity contribution in [1.29, 1.82) is 0 Å². The van der Waals surface area contributed by atoms with Crippen LogP contribution in [0.1, 0.15) is 27.7 Å². The molecule has 0 saturated carbocycles. The van der Waals surface area contributed by atoms with Gasteiger partial charge in [-0.15, -0.1) is 0 Å². The molecule has 0 amide bonds. The maximum atomic E-state index is 11.2. The number of ketones is 2. The van der Waals surface area contributed by atoms with Gasteiger partial charge in [-0.05, 0) is 6.92 Å². The van der Waals surface area contributed by atoms with Gasteiger partial charge in [-0.1, -0.05) is 20.8 Å². The van der Waals surface area contributed by atoms with E-state index >= 15 is 0 Å². The first-order chi connectivity index (χ1) is 5.80. The smallest absolute Gasteiger partial charge is 0.382 e. The summed E-state index contributed by atoms with van der Waals surface area (Å²) in [4.78, 5) is 33.1. The van der Waals surface area contributed by atoms with E-state index in [0.717, 1.165) is 0 Å². The van der Waals surface area contributed by atoms with Gasteiger partial charge in [0.25, 0.3) is 0 Å². The molecule has 0 aromatic heterocycles. The second-order valence-electron chi connectivity index (χ2n) is 3.63. The van der Waals surface area contributed by atoms with Gasteiger partial charge in [0, 0.05) is 5.41 Å². The molecule has 0 aliphatic rings.